The summed E-state index contributed by atoms with van der Waals surface area (Å²) < 4.78 is 6.49. The summed E-state index contributed by atoms with van der Waals surface area (Å²) in [6.45, 7) is -0.312. The molecule has 5 aliphatic rings. The zero-order valence-corrected chi connectivity index (χ0v) is 36.9. The van der Waals surface area contributed by atoms with E-state index in [0.29, 0.717) is 49.8 Å². The molecule has 338 valence electrons. The van der Waals surface area contributed by atoms with Crippen LogP contribution in [0.5, 0.6) is 17.2 Å². The van der Waals surface area contributed by atoms with E-state index in [0.717, 1.165) is 100 Å². The van der Waals surface area contributed by atoms with Gasteiger partial charge in [0.05, 0.1) is 12.0 Å². The Morgan fingerprint density at radius 3 is 2.54 bits per heavy atom. The molecule has 1 aliphatic heterocycles. The average molecular weight is 874 g/mol. The maximum Gasteiger partial charge on any atom is 0.161 e. The fourth-order valence-electron chi connectivity index (χ4n) is 11.8. The van der Waals surface area contributed by atoms with Crippen LogP contribution >= 0.6 is 0 Å². The lowest BCUT2D eigenvalue weighted by molar-refractivity contribution is -0.135. The van der Waals surface area contributed by atoms with Crippen LogP contribution in [-0.2, 0) is 35.3 Å². The first-order valence-corrected chi connectivity index (χ1v) is 23.9. The van der Waals surface area contributed by atoms with E-state index in [1.54, 1.807) is 6.07 Å². The molecule has 2 aromatic heterocycles. The number of aliphatic hydroxyl groups is 2. The molecule has 0 radical (unpaired) electrons. The first-order valence-electron chi connectivity index (χ1n) is 23.9. The molecule has 5 aromatic rings. The number of aromatic nitrogens is 2. The molecule has 3 heterocycles. The minimum atomic E-state index is -1.05. The maximum absolute atomic E-state index is 15.7. The quantitative estimate of drug-likeness (QED) is 0.0961. The molecule has 1 saturated carbocycles. The number of aliphatic hydroxyl groups excluding tert-OH is 2. The second kappa shape index (κ2) is 18.6. The van der Waals surface area contributed by atoms with Crippen LogP contribution in [0.25, 0.3) is 17.5 Å². The van der Waals surface area contributed by atoms with Crippen LogP contribution in [0, 0.1) is 17.8 Å². The SMILES string of the molecule is O=C1CCc2cc(c(O)c(OC3CCCC3)c2)Cc2ccc(CCO)c(c2)[C@@H]2CC[C@@H]([N-]c3[nH]ccc32)C2=Cc3[n-]ccc3[C@@H](C[C@@H]3C=Cc4c(O)cccc4CC3)[C@H]2C(=O)[C@H]1CCO. The van der Waals surface area contributed by atoms with Gasteiger partial charge in [-0.3, -0.25) is 9.59 Å². The molecule has 10 rings (SSSR count). The van der Waals surface area contributed by atoms with Crippen molar-refractivity contribution < 1.29 is 34.8 Å². The summed E-state index contributed by atoms with van der Waals surface area (Å²) in [5, 5.41) is 48.9. The zero-order valence-electron chi connectivity index (χ0n) is 36.9. The number of rotatable bonds is 8. The number of ketones is 2. The van der Waals surface area contributed by atoms with Gasteiger partial charge < -0.3 is 40.4 Å². The highest BCUT2D eigenvalue weighted by atomic mass is 16.5. The number of hydrogen-bond acceptors (Lipinski definition) is 7. The van der Waals surface area contributed by atoms with Crippen LogP contribution in [0.3, 0.4) is 0 Å². The third-order valence-electron chi connectivity index (χ3n) is 15.1. The largest absolute Gasteiger partial charge is 0.664 e. The van der Waals surface area contributed by atoms with Crippen molar-refractivity contribution in [3.63, 3.8) is 0 Å². The molecule has 10 heteroatoms. The molecule has 6 atom stereocenters. The van der Waals surface area contributed by atoms with Crippen LogP contribution in [0.2, 0.25) is 0 Å². The number of aryl methyl sites for hydroxylation is 2. The van der Waals surface area contributed by atoms with Crippen LogP contribution in [0.4, 0.5) is 5.82 Å². The number of hydrogen-bond donors (Lipinski definition) is 5. The van der Waals surface area contributed by atoms with Gasteiger partial charge in [0.1, 0.15) is 11.5 Å². The molecule has 4 aliphatic carbocycles. The Morgan fingerprint density at radius 2 is 1.69 bits per heavy atom. The smallest absolute Gasteiger partial charge is 0.161 e. The standard InChI is InChI=1S/C55H59N3O7/c59-24-20-36-13-9-33-26-37-27-34(30-51(53(37)63)65-38-5-1-2-6-38)11-17-50(62)43(21-25-60)54(64)52-45(28-32-8-12-35-4-3-7-49(61)39(35)14-10-32)41-18-22-56-48(41)31-46(52)47-16-15-40(44(36)29-33)42-19-23-57-55(42)58-47/h3-4,7,9-10,13-14,18-19,22-23,27,29-32,38,40,43,45,47,52,57,59-61,63H,1-2,5-6,8,11-12,15-17,20-21,24-26,28H2/q-2/t32-,40+,43-,45+,47+,52+/m0/s1. The molecule has 6 bridgehead atoms. The average Bonchev–Trinajstić information content (AvgIpc) is 4.06. The number of allylic oxidation sites excluding steroid dienone is 1. The number of nitrogens with zero attached hydrogens (tertiary/aromatic N) is 2. The number of carbonyl (C=O) groups is 2. The van der Waals surface area contributed by atoms with Gasteiger partial charge in [-0.25, -0.2) is 0 Å². The summed E-state index contributed by atoms with van der Waals surface area (Å²) in [6, 6.07) is 19.6. The van der Waals surface area contributed by atoms with E-state index in [1.807, 2.05) is 42.7 Å². The lowest BCUT2D eigenvalue weighted by atomic mass is 9.66. The van der Waals surface area contributed by atoms with Crippen molar-refractivity contribution in [2.75, 3.05) is 13.2 Å². The predicted octanol–water partition coefficient (Wildman–Crippen LogP) is 9.68. The molecule has 3 aromatic carbocycles. The van der Waals surface area contributed by atoms with E-state index >= 15 is 4.79 Å². The number of aromatic amines is 1. The minimum Gasteiger partial charge on any atom is -0.664 e. The number of phenolic OH excluding ortho intramolecular Hbond substituents is 2. The Hall–Kier alpha value is -5.84. The zero-order chi connectivity index (χ0) is 44.6. The third kappa shape index (κ3) is 8.59. The Kier molecular flexibility index (Phi) is 12.3. The summed E-state index contributed by atoms with van der Waals surface area (Å²) in [6.07, 6.45) is 18.9. The Balaban J connectivity index is 1.10. The minimum absolute atomic E-state index is 0.000959. The molecular weight excluding hydrogens is 815 g/mol. The number of nitrogens with one attached hydrogen (secondary N) is 1. The third-order valence-corrected chi connectivity index (χ3v) is 15.1. The van der Waals surface area contributed by atoms with Crippen molar-refractivity contribution in [1.82, 2.24) is 9.97 Å². The monoisotopic (exact) mass is 873 g/mol. The Bertz CT molecular complexity index is 2630. The normalized spacial score (nSPS) is 24.4. The molecular formula is C55H59N3O7-2. The van der Waals surface area contributed by atoms with Gasteiger partial charge in [-0.1, -0.05) is 89.9 Å². The molecule has 0 saturated heterocycles. The van der Waals surface area contributed by atoms with Gasteiger partial charge in [0.2, 0.25) is 0 Å². The summed E-state index contributed by atoms with van der Waals surface area (Å²) in [4.78, 5) is 38.7. The van der Waals surface area contributed by atoms with E-state index in [2.05, 4.69) is 47.5 Å². The van der Waals surface area contributed by atoms with E-state index < -0.39 is 17.9 Å². The van der Waals surface area contributed by atoms with E-state index in [9.17, 15) is 25.2 Å². The first-order chi connectivity index (χ1) is 31.8. The van der Waals surface area contributed by atoms with Crippen molar-refractivity contribution in [2.45, 2.75) is 114 Å². The number of aromatic hydroxyl groups is 2. The van der Waals surface area contributed by atoms with Gasteiger partial charge in [-0.15, -0.1) is 5.69 Å². The number of ether oxygens (including phenoxy) is 1. The van der Waals surface area contributed by atoms with Crippen molar-refractivity contribution in [3.05, 3.63) is 146 Å². The van der Waals surface area contributed by atoms with E-state index in [-0.39, 0.29) is 73.0 Å². The highest BCUT2D eigenvalue weighted by Crippen LogP contribution is 2.52. The van der Waals surface area contributed by atoms with Crippen LogP contribution < -0.4 is 9.72 Å². The van der Waals surface area contributed by atoms with Crippen LogP contribution in [-0.4, -0.2) is 62.3 Å². The number of phenols is 2. The van der Waals surface area contributed by atoms with Gasteiger partial charge in [0.15, 0.2) is 17.3 Å². The molecule has 0 spiro atoms. The first kappa shape index (κ1) is 43.1. The molecule has 65 heavy (non-hydrogen) atoms. The summed E-state index contributed by atoms with van der Waals surface area (Å²) in [5.74, 6) is -0.963. The summed E-state index contributed by atoms with van der Waals surface area (Å²) >= 11 is 0. The van der Waals surface area contributed by atoms with Crippen LogP contribution in [0.1, 0.15) is 132 Å². The molecule has 0 amide bonds. The molecule has 10 nitrogen and oxygen atoms in total. The molecule has 5 N–H and O–H groups in total. The van der Waals surface area contributed by atoms with Gasteiger partial charge >= 0.3 is 0 Å². The highest BCUT2D eigenvalue weighted by Gasteiger charge is 2.43. The van der Waals surface area contributed by atoms with Crippen molar-refractivity contribution >= 4 is 29.5 Å². The number of fused-ring (bicyclic) bond motifs is 14. The van der Waals surface area contributed by atoms with Gasteiger partial charge in [0, 0.05) is 49.0 Å². The van der Waals surface area contributed by atoms with Gasteiger partial charge in [0.25, 0.3) is 0 Å². The van der Waals surface area contributed by atoms with Crippen molar-refractivity contribution in [2.24, 2.45) is 17.8 Å². The Labute approximate surface area is 380 Å². The number of H-pyrrole nitrogens is 1. The lowest BCUT2D eigenvalue weighted by Crippen LogP contribution is -2.39. The number of benzene rings is 3. The second-order valence-corrected chi connectivity index (χ2v) is 19.1. The number of carbonyl (C=O) groups excluding carboxylic acids is 2. The van der Waals surface area contributed by atoms with Gasteiger partial charge in [-0.05, 0) is 140 Å². The Morgan fingerprint density at radius 1 is 0.815 bits per heavy atom. The molecule has 1 fully saturated rings. The van der Waals surface area contributed by atoms with E-state index in [1.165, 1.54) is 0 Å². The predicted molar refractivity (Wildman–Crippen MR) is 251 cm³/mol. The van der Waals surface area contributed by atoms with Crippen molar-refractivity contribution in [1.29, 1.82) is 0 Å². The lowest BCUT2D eigenvalue weighted by Gasteiger charge is -2.41. The van der Waals surface area contributed by atoms with Gasteiger partial charge in [-0.2, -0.15) is 6.20 Å². The van der Waals surface area contributed by atoms with E-state index in [4.69, 9.17) is 15.0 Å². The van der Waals surface area contributed by atoms with Crippen molar-refractivity contribution in [3.8, 4) is 17.2 Å². The topological polar surface area (TPSA) is 168 Å². The second-order valence-electron chi connectivity index (χ2n) is 19.1. The molecule has 0 unspecified atom stereocenters. The fourth-order valence-corrected chi connectivity index (χ4v) is 11.8. The van der Waals surface area contributed by atoms with Crippen LogP contribution in [0.15, 0.2) is 84.7 Å². The summed E-state index contributed by atoms with van der Waals surface area (Å²) in [7, 11) is 0. The number of Topliss-reactive ketones (excluding diaryl/α,β-unsaturated/α-hetero) is 2. The fraction of sp³-hybridized carbons (Fsp3) is 0.418. The summed E-state index contributed by atoms with van der Waals surface area (Å²) in [5.41, 5.74) is 10.3. The highest BCUT2D eigenvalue weighted by molar-refractivity contribution is 6.05. The maximum atomic E-state index is 15.7.